The molecule has 2 aliphatic rings. The van der Waals surface area contributed by atoms with Crippen LogP contribution < -0.4 is 9.47 Å². The van der Waals surface area contributed by atoms with Crippen molar-refractivity contribution in [2.24, 2.45) is 10.8 Å². The maximum absolute atomic E-state index is 13.2. The minimum Gasteiger partial charge on any atom is -0.462 e. The first kappa shape index (κ1) is 38.9. The maximum Gasteiger partial charge on any atom is 0.423 e. The number of esters is 4. The number of ether oxygens (including phenoxy) is 4. The van der Waals surface area contributed by atoms with Gasteiger partial charge in [-0.15, -0.1) is 0 Å². The Morgan fingerprint density at radius 3 is 1.23 bits per heavy atom. The van der Waals surface area contributed by atoms with Gasteiger partial charge in [0.15, 0.2) is 11.5 Å². The lowest BCUT2D eigenvalue weighted by Crippen LogP contribution is -2.31. The molecular weight excluding hydrogens is 749 g/mol. The number of benzene rings is 2. The summed E-state index contributed by atoms with van der Waals surface area (Å²) in [6.07, 6.45) is 11.8. The molecule has 14 heteroatoms. The number of halogens is 6. The molecular formula is C34H36Cl6O8. The van der Waals surface area contributed by atoms with E-state index in [0.717, 1.165) is 76.3 Å². The molecule has 2 saturated carbocycles. The normalized spacial score (nSPS) is 15.9. The van der Waals surface area contributed by atoms with Crippen LogP contribution in [0.25, 0.3) is 0 Å². The van der Waals surface area contributed by atoms with E-state index < -0.39 is 46.5 Å². The Balaban J connectivity index is 1.50. The molecule has 8 nitrogen and oxygen atoms in total. The van der Waals surface area contributed by atoms with E-state index in [-0.39, 0.29) is 54.2 Å². The molecule has 262 valence electrons. The smallest absolute Gasteiger partial charge is 0.423 e. The zero-order chi connectivity index (χ0) is 35.2. The molecule has 0 radical (unpaired) electrons. The molecule has 4 rings (SSSR count). The highest BCUT2D eigenvalue weighted by molar-refractivity contribution is 6.47. The van der Waals surface area contributed by atoms with Gasteiger partial charge in [-0.3, -0.25) is 0 Å². The Labute approximate surface area is 309 Å². The molecule has 48 heavy (non-hydrogen) atoms. The summed E-state index contributed by atoms with van der Waals surface area (Å²) in [5, 5.41) is -1.42. The second kappa shape index (κ2) is 16.8. The number of carbonyl (C=O) groups excluding carboxylic acids is 4. The maximum atomic E-state index is 13.2. The molecule has 0 aromatic heterocycles. The van der Waals surface area contributed by atoms with Crippen LogP contribution in [-0.2, 0) is 19.1 Å². The fourth-order valence-electron chi connectivity index (χ4n) is 6.52. The van der Waals surface area contributed by atoms with Crippen molar-refractivity contribution in [3.8, 4) is 11.5 Å². The largest absolute Gasteiger partial charge is 0.462 e. The Bertz CT molecular complexity index is 1450. The van der Waals surface area contributed by atoms with Gasteiger partial charge in [0, 0.05) is 0 Å². The van der Waals surface area contributed by atoms with Gasteiger partial charge < -0.3 is 18.9 Å². The van der Waals surface area contributed by atoms with Gasteiger partial charge in [-0.2, -0.15) is 0 Å². The van der Waals surface area contributed by atoms with E-state index in [4.69, 9.17) is 88.6 Å². The van der Waals surface area contributed by atoms with Gasteiger partial charge in [0.25, 0.3) is 0 Å². The Morgan fingerprint density at radius 1 is 0.583 bits per heavy atom. The Kier molecular flexibility index (Phi) is 13.6. The zero-order valence-corrected chi connectivity index (χ0v) is 31.1. The molecule has 0 spiro atoms. The van der Waals surface area contributed by atoms with Crippen molar-refractivity contribution in [2.75, 3.05) is 13.2 Å². The fourth-order valence-corrected chi connectivity index (χ4v) is 7.96. The van der Waals surface area contributed by atoms with Crippen LogP contribution >= 0.6 is 69.6 Å². The summed E-state index contributed by atoms with van der Waals surface area (Å²) < 4.78 is 21.4. The van der Waals surface area contributed by atoms with Crippen LogP contribution in [0.4, 0.5) is 0 Å². The molecule has 0 atom stereocenters. The van der Waals surface area contributed by atoms with Crippen LogP contribution in [0.2, 0.25) is 30.1 Å². The van der Waals surface area contributed by atoms with E-state index in [9.17, 15) is 19.2 Å². The van der Waals surface area contributed by atoms with Crippen LogP contribution in [0.5, 0.6) is 11.5 Å². The molecule has 0 N–H and O–H groups in total. The minimum atomic E-state index is -1.63. The number of hydrogen-bond acceptors (Lipinski definition) is 8. The van der Waals surface area contributed by atoms with E-state index in [1.54, 1.807) is 0 Å². The van der Waals surface area contributed by atoms with Crippen LogP contribution in [0.1, 0.15) is 112 Å². The van der Waals surface area contributed by atoms with Crippen molar-refractivity contribution in [3.63, 3.8) is 0 Å². The predicted molar refractivity (Wildman–Crippen MR) is 186 cm³/mol. The second-order valence-electron chi connectivity index (χ2n) is 12.5. The van der Waals surface area contributed by atoms with Gasteiger partial charge in [-0.25, -0.2) is 19.2 Å². The number of carbonyl (C=O) groups is 4. The van der Waals surface area contributed by atoms with Crippen LogP contribution in [-0.4, -0.2) is 37.1 Å². The van der Waals surface area contributed by atoms with Crippen molar-refractivity contribution in [1.29, 1.82) is 0 Å². The fraction of sp³-hybridized carbons (Fsp3) is 0.529. The lowest BCUT2D eigenvalue weighted by Gasteiger charge is -2.42. The van der Waals surface area contributed by atoms with Crippen LogP contribution in [0, 0.1) is 10.8 Å². The highest BCUT2D eigenvalue weighted by Gasteiger charge is 2.38. The minimum absolute atomic E-state index is 0.0863. The standard InChI is InChI=1S/C34H36Cl6O8/c1-3-7-33(9-5-10-33)13-15-45-29(41)23-25(39)19(35)17-21(37)27(23)47-31(43)32(44)48-28-22(38)18-20(36)26(40)24(28)30(42)46-16-14-34(8-4-2)11-6-12-34/h17-18H,3-16H2,1-2H3. The summed E-state index contributed by atoms with van der Waals surface area (Å²) >= 11 is 37.6. The summed E-state index contributed by atoms with van der Waals surface area (Å²) in [5.41, 5.74) is -0.654. The molecule has 0 amide bonds. The van der Waals surface area contributed by atoms with Crippen molar-refractivity contribution in [2.45, 2.75) is 90.9 Å². The predicted octanol–water partition coefficient (Wildman–Crippen LogP) is 11.2. The van der Waals surface area contributed by atoms with Gasteiger partial charge in [-0.05, 0) is 74.3 Å². The van der Waals surface area contributed by atoms with Gasteiger partial charge >= 0.3 is 23.9 Å². The Morgan fingerprint density at radius 2 is 0.938 bits per heavy atom. The monoisotopic (exact) mass is 782 g/mol. The number of rotatable bonds is 14. The third kappa shape index (κ3) is 8.85. The van der Waals surface area contributed by atoms with Crippen LogP contribution in [0.3, 0.4) is 0 Å². The van der Waals surface area contributed by atoms with E-state index in [1.807, 2.05) is 0 Å². The van der Waals surface area contributed by atoms with E-state index >= 15 is 0 Å². The summed E-state index contributed by atoms with van der Waals surface area (Å²) in [6.45, 7) is 4.38. The topological polar surface area (TPSA) is 105 Å². The average molecular weight is 785 g/mol. The summed E-state index contributed by atoms with van der Waals surface area (Å²) in [7, 11) is 0. The van der Waals surface area contributed by atoms with Gasteiger partial charge in [-0.1, -0.05) is 109 Å². The first-order valence-corrected chi connectivity index (χ1v) is 18.2. The SMILES string of the molecule is CCCC1(CCOC(=O)c2c(Cl)c(Cl)cc(Cl)c2OC(=O)C(=O)Oc2c(Cl)cc(Cl)c(Cl)c2C(=O)OCCC2(CCC)CCC2)CCC1. The molecule has 0 aliphatic heterocycles. The first-order valence-electron chi connectivity index (χ1n) is 15.9. The third-order valence-electron chi connectivity index (χ3n) is 9.34. The average Bonchev–Trinajstić information content (AvgIpc) is 2.99. The third-order valence-corrected chi connectivity index (χ3v) is 11.5. The molecule has 2 fully saturated rings. The number of hydrogen-bond donors (Lipinski definition) is 0. The molecule has 0 unspecified atom stereocenters. The van der Waals surface area contributed by atoms with Crippen molar-refractivity contribution in [3.05, 3.63) is 53.4 Å². The highest BCUT2D eigenvalue weighted by Crippen LogP contribution is 2.49. The molecule has 2 aliphatic carbocycles. The quantitative estimate of drug-likeness (QED) is 0.0807. The molecule has 2 aromatic rings. The molecule has 2 aromatic carbocycles. The van der Waals surface area contributed by atoms with Crippen molar-refractivity contribution < 1.29 is 38.1 Å². The molecule has 0 bridgehead atoms. The van der Waals surface area contributed by atoms with Crippen molar-refractivity contribution >= 4 is 93.5 Å². The summed E-state index contributed by atoms with van der Waals surface area (Å²) in [4.78, 5) is 52.5. The van der Waals surface area contributed by atoms with Crippen molar-refractivity contribution in [1.82, 2.24) is 0 Å². The lowest BCUT2D eigenvalue weighted by atomic mass is 9.64. The molecule has 0 heterocycles. The zero-order valence-electron chi connectivity index (χ0n) is 26.6. The molecule has 0 saturated heterocycles. The van der Waals surface area contributed by atoms with Gasteiger partial charge in [0.05, 0.1) is 43.3 Å². The van der Waals surface area contributed by atoms with E-state index in [2.05, 4.69) is 13.8 Å². The van der Waals surface area contributed by atoms with Crippen LogP contribution in [0.15, 0.2) is 12.1 Å². The van der Waals surface area contributed by atoms with E-state index in [0.29, 0.717) is 12.8 Å². The Hall–Kier alpha value is -1.94. The van der Waals surface area contributed by atoms with E-state index in [1.165, 1.54) is 0 Å². The van der Waals surface area contributed by atoms with Gasteiger partial charge in [0.1, 0.15) is 11.1 Å². The van der Waals surface area contributed by atoms with Gasteiger partial charge in [0.2, 0.25) is 0 Å². The summed E-state index contributed by atoms with van der Waals surface area (Å²) in [5.74, 6) is -6.30. The highest BCUT2D eigenvalue weighted by atomic mass is 35.5. The summed E-state index contributed by atoms with van der Waals surface area (Å²) in [6, 6.07) is 2.28. The first-order chi connectivity index (χ1) is 22.8. The lowest BCUT2D eigenvalue weighted by molar-refractivity contribution is -0.156. The second-order valence-corrected chi connectivity index (χ2v) is 14.9.